The molecule has 0 rings (SSSR count). The molecule has 0 aliphatic rings. The van der Waals surface area contributed by atoms with Gasteiger partial charge in [0.2, 0.25) is 5.91 Å². The molecule has 0 radical (unpaired) electrons. The van der Waals surface area contributed by atoms with E-state index in [0.29, 0.717) is 25.8 Å². The van der Waals surface area contributed by atoms with Gasteiger partial charge in [-0.05, 0) is 32.7 Å². The molecule has 0 aromatic carbocycles. The van der Waals surface area contributed by atoms with E-state index < -0.39 is 0 Å². The zero-order valence-electron chi connectivity index (χ0n) is 9.18. The molecular formula is C10H22N2O2. The van der Waals surface area contributed by atoms with Gasteiger partial charge in [-0.2, -0.15) is 0 Å². The SMILES string of the molecule is CCC(C)(CCO)NC(=O)CCCN. The Labute approximate surface area is 85.9 Å². The number of nitrogens with one attached hydrogen (secondary N) is 1. The monoisotopic (exact) mass is 202 g/mol. The Morgan fingerprint density at radius 2 is 2.21 bits per heavy atom. The largest absolute Gasteiger partial charge is 0.396 e. The van der Waals surface area contributed by atoms with Gasteiger partial charge in [-0.25, -0.2) is 0 Å². The number of nitrogens with two attached hydrogens (primary N) is 1. The molecule has 4 heteroatoms. The Bertz CT molecular complexity index is 174. The van der Waals surface area contributed by atoms with E-state index in [1.165, 1.54) is 0 Å². The van der Waals surface area contributed by atoms with Crippen molar-refractivity contribution in [2.45, 2.75) is 45.1 Å². The highest BCUT2D eigenvalue weighted by molar-refractivity contribution is 5.76. The molecule has 0 heterocycles. The van der Waals surface area contributed by atoms with Crippen LogP contribution in [0.15, 0.2) is 0 Å². The van der Waals surface area contributed by atoms with Crippen molar-refractivity contribution in [1.29, 1.82) is 0 Å². The lowest BCUT2D eigenvalue weighted by atomic mass is 9.94. The first-order chi connectivity index (χ1) is 6.58. The van der Waals surface area contributed by atoms with Crippen molar-refractivity contribution in [3.05, 3.63) is 0 Å². The summed E-state index contributed by atoms with van der Waals surface area (Å²) in [7, 11) is 0. The number of hydrogen-bond donors (Lipinski definition) is 3. The molecule has 14 heavy (non-hydrogen) atoms. The first kappa shape index (κ1) is 13.4. The fourth-order valence-corrected chi connectivity index (χ4v) is 1.24. The topological polar surface area (TPSA) is 75.3 Å². The van der Waals surface area contributed by atoms with E-state index in [-0.39, 0.29) is 18.1 Å². The molecule has 0 saturated carbocycles. The van der Waals surface area contributed by atoms with E-state index in [1.807, 2.05) is 13.8 Å². The number of amides is 1. The van der Waals surface area contributed by atoms with Gasteiger partial charge in [0.1, 0.15) is 0 Å². The van der Waals surface area contributed by atoms with Crippen LogP contribution in [0.2, 0.25) is 0 Å². The van der Waals surface area contributed by atoms with E-state index in [1.54, 1.807) is 0 Å². The highest BCUT2D eigenvalue weighted by Crippen LogP contribution is 2.13. The second kappa shape index (κ2) is 6.79. The van der Waals surface area contributed by atoms with Gasteiger partial charge >= 0.3 is 0 Å². The Hall–Kier alpha value is -0.610. The van der Waals surface area contributed by atoms with Crippen LogP contribution in [0.4, 0.5) is 0 Å². The zero-order chi connectivity index (χ0) is 11.0. The smallest absolute Gasteiger partial charge is 0.220 e. The summed E-state index contributed by atoms with van der Waals surface area (Å²) in [6, 6.07) is 0. The van der Waals surface area contributed by atoms with Gasteiger partial charge < -0.3 is 16.2 Å². The van der Waals surface area contributed by atoms with Crippen molar-refractivity contribution < 1.29 is 9.90 Å². The number of carbonyl (C=O) groups is 1. The van der Waals surface area contributed by atoms with Crippen LogP contribution in [0.25, 0.3) is 0 Å². The predicted octanol–water partition coefficient (Wildman–Crippen LogP) is 0.393. The molecule has 0 aromatic heterocycles. The van der Waals surface area contributed by atoms with Gasteiger partial charge in [0.15, 0.2) is 0 Å². The molecule has 1 amide bonds. The van der Waals surface area contributed by atoms with E-state index >= 15 is 0 Å². The van der Waals surface area contributed by atoms with Crippen molar-refractivity contribution >= 4 is 5.91 Å². The minimum Gasteiger partial charge on any atom is -0.396 e. The molecule has 0 bridgehead atoms. The molecule has 4 N–H and O–H groups in total. The van der Waals surface area contributed by atoms with Crippen molar-refractivity contribution in [3.8, 4) is 0 Å². The van der Waals surface area contributed by atoms with Gasteiger partial charge in [0.25, 0.3) is 0 Å². The number of carbonyl (C=O) groups excluding carboxylic acids is 1. The van der Waals surface area contributed by atoms with Crippen molar-refractivity contribution in [1.82, 2.24) is 5.32 Å². The van der Waals surface area contributed by atoms with Crippen LogP contribution in [0.3, 0.4) is 0 Å². The fourth-order valence-electron chi connectivity index (χ4n) is 1.24. The van der Waals surface area contributed by atoms with Crippen LogP contribution in [0.1, 0.15) is 39.5 Å². The van der Waals surface area contributed by atoms with Crippen LogP contribution in [-0.4, -0.2) is 29.7 Å². The molecule has 0 aliphatic carbocycles. The second-order valence-electron chi connectivity index (χ2n) is 3.83. The maximum Gasteiger partial charge on any atom is 0.220 e. The third-order valence-corrected chi connectivity index (χ3v) is 2.49. The number of hydrogen-bond acceptors (Lipinski definition) is 3. The highest BCUT2D eigenvalue weighted by atomic mass is 16.3. The summed E-state index contributed by atoms with van der Waals surface area (Å²) in [5, 5.41) is 11.8. The summed E-state index contributed by atoms with van der Waals surface area (Å²) in [5.41, 5.74) is 5.03. The fraction of sp³-hybridized carbons (Fsp3) is 0.900. The predicted molar refractivity (Wildman–Crippen MR) is 56.8 cm³/mol. The summed E-state index contributed by atoms with van der Waals surface area (Å²) >= 11 is 0. The Kier molecular flexibility index (Phi) is 6.49. The van der Waals surface area contributed by atoms with Gasteiger partial charge in [-0.1, -0.05) is 6.92 Å². The Balaban J connectivity index is 3.96. The zero-order valence-corrected chi connectivity index (χ0v) is 9.18. The average molecular weight is 202 g/mol. The van der Waals surface area contributed by atoms with E-state index in [4.69, 9.17) is 10.8 Å². The van der Waals surface area contributed by atoms with Gasteiger partial charge in [0, 0.05) is 18.6 Å². The molecule has 0 aliphatic heterocycles. The molecule has 1 atom stereocenters. The summed E-state index contributed by atoms with van der Waals surface area (Å²) in [6.45, 7) is 4.58. The third kappa shape index (κ3) is 5.19. The standard InChI is InChI=1S/C10H22N2O2/c1-3-10(2,6-8-13)12-9(14)5-4-7-11/h13H,3-8,11H2,1-2H3,(H,12,14). The molecule has 0 aromatic rings. The molecule has 0 spiro atoms. The summed E-state index contributed by atoms with van der Waals surface area (Å²) in [4.78, 5) is 11.4. The van der Waals surface area contributed by atoms with Crippen molar-refractivity contribution in [2.75, 3.05) is 13.2 Å². The Morgan fingerprint density at radius 1 is 1.57 bits per heavy atom. The average Bonchev–Trinajstić information content (AvgIpc) is 2.15. The van der Waals surface area contributed by atoms with Crippen LogP contribution in [0.5, 0.6) is 0 Å². The lowest BCUT2D eigenvalue weighted by Crippen LogP contribution is -2.46. The maximum atomic E-state index is 11.4. The molecular weight excluding hydrogens is 180 g/mol. The minimum atomic E-state index is -0.277. The van der Waals surface area contributed by atoms with Gasteiger partial charge in [0.05, 0.1) is 0 Å². The van der Waals surface area contributed by atoms with Gasteiger partial charge in [-0.3, -0.25) is 4.79 Å². The summed E-state index contributed by atoms with van der Waals surface area (Å²) in [5.74, 6) is 0.0215. The summed E-state index contributed by atoms with van der Waals surface area (Å²) in [6.07, 6.45) is 2.60. The molecule has 84 valence electrons. The molecule has 0 fully saturated rings. The third-order valence-electron chi connectivity index (χ3n) is 2.49. The molecule has 1 unspecified atom stereocenters. The maximum absolute atomic E-state index is 11.4. The summed E-state index contributed by atoms with van der Waals surface area (Å²) < 4.78 is 0. The lowest BCUT2D eigenvalue weighted by Gasteiger charge is -2.29. The number of rotatable bonds is 7. The van der Waals surface area contributed by atoms with E-state index in [0.717, 1.165) is 6.42 Å². The van der Waals surface area contributed by atoms with E-state index in [9.17, 15) is 4.79 Å². The lowest BCUT2D eigenvalue weighted by molar-refractivity contribution is -0.123. The number of aliphatic hydroxyl groups is 1. The minimum absolute atomic E-state index is 0.0215. The second-order valence-corrected chi connectivity index (χ2v) is 3.83. The van der Waals surface area contributed by atoms with Crippen molar-refractivity contribution in [2.24, 2.45) is 5.73 Å². The van der Waals surface area contributed by atoms with Crippen molar-refractivity contribution in [3.63, 3.8) is 0 Å². The Morgan fingerprint density at radius 3 is 2.64 bits per heavy atom. The normalized spacial score (nSPS) is 14.9. The quantitative estimate of drug-likeness (QED) is 0.559. The van der Waals surface area contributed by atoms with Crippen LogP contribution in [-0.2, 0) is 4.79 Å². The van der Waals surface area contributed by atoms with E-state index in [2.05, 4.69) is 5.32 Å². The van der Waals surface area contributed by atoms with Crippen LogP contribution >= 0.6 is 0 Å². The molecule has 0 saturated heterocycles. The van der Waals surface area contributed by atoms with Gasteiger partial charge in [-0.15, -0.1) is 0 Å². The van der Waals surface area contributed by atoms with Crippen LogP contribution in [0, 0.1) is 0 Å². The first-order valence-electron chi connectivity index (χ1n) is 5.20. The first-order valence-corrected chi connectivity index (χ1v) is 5.20. The number of aliphatic hydroxyl groups excluding tert-OH is 1. The highest BCUT2D eigenvalue weighted by Gasteiger charge is 2.22. The van der Waals surface area contributed by atoms with Crippen LogP contribution < -0.4 is 11.1 Å². The molecule has 4 nitrogen and oxygen atoms in total.